The summed E-state index contributed by atoms with van der Waals surface area (Å²) >= 11 is 1.93. The smallest absolute Gasteiger partial charge is 0.0434 e. The Morgan fingerprint density at radius 2 is 1.38 bits per heavy atom. The Morgan fingerprint density at radius 1 is 0.690 bits per heavy atom. The molecule has 0 radical (unpaired) electrons. The number of rotatable bonds is 4. The molecule has 0 saturated heterocycles. The minimum absolute atomic E-state index is 1.18. The van der Waals surface area contributed by atoms with E-state index >= 15 is 0 Å². The minimum Gasteiger partial charge on any atom is -0.135 e. The maximum absolute atomic E-state index is 2.41. The van der Waals surface area contributed by atoms with Crippen molar-refractivity contribution in [1.82, 2.24) is 0 Å². The lowest BCUT2D eigenvalue weighted by Crippen LogP contribution is -1.84. The molecule has 0 unspecified atom stereocenters. The molecule has 1 heteroatoms. The van der Waals surface area contributed by atoms with Crippen LogP contribution in [0, 0.1) is 0 Å². The van der Waals surface area contributed by atoms with Crippen LogP contribution in [0.3, 0.4) is 0 Å². The van der Waals surface area contributed by atoms with E-state index < -0.39 is 0 Å². The first-order valence-corrected chi connectivity index (χ1v) is 11.3. The number of unbranched alkanes of at least 4 members (excludes halogenated alkanes) is 1. The van der Waals surface area contributed by atoms with Crippen LogP contribution < -0.4 is 0 Å². The van der Waals surface area contributed by atoms with Gasteiger partial charge in [-0.15, -0.1) is 11.3 Å². The highest BCUT2D eigenvalue weighted by atomic mass is 32.1. The van der Waals surface area contributed by atoms with Crippen molar-refractivity contribution in [2.24, 2.45) is 0 Å². The summed E-state index contributed by atoms with van der Waals surface area (Å²) in [5, 5.41) is 9.64. The Labute approximate surface area is 174 Å². The molecule has 5 aromatic carbocycles. The highest BCUT2D eigenvalue weighted by Gasteiger charge is 2.15. The van der Waals surface area contributed by atoms with Crippen LogP contribution >= 0.6 is 11.3 Å². The molecule has 0 atom stereocenters. The third kappa shape index (κ3) is 2.58. The summed E-state index contributed by atoms with van der Waals surface area (Å²) in [4.78, 5) is 1.36. The Balaban J connectivity index is 1.62. The lowest BCUT2D eigenvalue weighted by molar-refractivity contribution is 0.795. The zero-order chi connectivity index (χ0) is 19.4. The van der Waals surface area contributed by atoms with Gasteiger partial charge in [-0.3, -0.25) is 0 Å². The van der Waals surface area contributed by atoms with Gasteiger partial charge in [0.15, 0.2) is 0 Å². The van der Waals surface area contributed by atoms with Crippen LogP contribution in [0.2, 0.25) is 0 Å². The summed E-state index contributed by atoms with van der Waals surface area (Å²) in [5.41, 5.74) is 2.77. The maximum atomic E-state index is 2.41. The normalized spacial score (nSPS) is 12.0. The predicted molar refractivity (Wildman–Crippen MR) is 130 cm³/mol. The molecule has 0 aliphatic rings. The average molecular weight is 391 g/mol. The standard InChI is InChI=1S/C28H22S/c1-2-3-6-18-11-13-19(14-12-18)25-17-24-22-9-4-7-20-15-16-21-8-5-10-23(28(24)29-25)27(21)26(20)22/h4-5,7-17H,2-3,6H2,1H3. The molecule has 0 fully saturated rings. The first-order valence-electron chi connectivity index (χ1n) is 10.5. The van der Waals surface area contributed by atoms with Crippen molar-refractivity contribution in [3.63, 3.8) is 0 Å². The largest absolute Gasteiger partial charge is 0.135 e. The number of hydrogen-bond acceptors (Lipinski definition) is 1. The molecule has 0 spiro atoms. The molecular weight excluding hydrogens is 368 g/mol. The molecule has 0 amide bonds. The molecule has 0 N–H and O–H groups in total. The van der Waals surface area contributed by atoms with E-state index in [0.29, 0.717) is 0 Å². The zero-order valence-corrected chi connectivity index (χ0v) is 17.4. The fourth-order valence-corrected chi connectivity index (χ4v) is 5.93. The van der Waals surface area contributed by atoms with Gasteiger partial charge < -0.3 is 0 Å². The van der Waals surface area contributed by atoms with E-state index in [0.717, 1.165) is 0 Å². The Morgan fingerprint density at radius 3 is 2.10 bits per heavy atom. The number of hydrogen-bond donors (Lipinski definition) is 0. The molecule has 6 aromatic rings. The second kappa shape index (κ2) is 6.57. The van der Waals surface area contributed by atoms with Crippen molar-refractivity contribution in [1.29, 1.82) is 0 Å². The van der Waals surface area contributed by atoms with Crippen molar-refractivity contribution in [2.75, 3.05) is 0 Å². The first-order chi connectivity index (χ1) is 14.3. The van der Waals surface area contributed by atoms with Gasteiger partial charge in [0.1, 0.15) is 0 Å². The maximum Gasteiger partial charge on any atom is 0.0434 e. The van der Waals surface area contributed by atoms with E-state index in [9.17, 15) is 0 Å². The minimum atomic E-state index is 1.18. The molecular formula is C28H22S. The lowest BCUT2D eigenvalue weighted by Gasteiger charge is -2.11. The lowest BCUT2D eigenvalue weighted by atomic mass is 9.92. The van der Waals surface area contributed by atoms with E-state index in [1.54, 1.807) is 0 Å². The highest BCUT2D eigenvalue weighted by Crippen LogP contribution is 2.45. The van der Waals surface area contributed by atoms with Gasteiger partial charge in [0.25, 0.3) is 0 Å². The molecule has 1 heterocycles. The van der Waals surface area contributed by atoms with Crippen molar-refractivity contribution in [3.05, 3.63) is 84.4 Å². The summed E-state index contributed by atoms with van der Waals surface area (Å²) in [7, 11) is 0. The second-order valence-electron chi connectivity index (χ2n) is 8.03. The molecule has 1 aromatic heterocycles. The Kier molecular flexibility index (Phi) is 3.85. The number of benzene rings is 5. The van der Waals surface area contributed by atoms with Gasteiger partial charge in [0.05, 0.1) is 0 Å². The zero-order valence-electron chi connectivity index (χ0n) is 16.5. The van der Waals surface area contributed by atoms with Gasteiger partial charge in [0, 0.05) is 20.3 Å². The molecule has 0 aliphatic carbocycles. The van der Waals surface area contributed by atoms with Gasteiger partial charge in [0.2, 0.25) is 0 Å². The van der Waals surface area contributed by atoms with E-state index in [1.165, 1.54) is 77.7 Å². The number of thiophene rings is 1. The fraction of sp³-hybridized carbons (Fsp3) is 0.143. The molecule has 0 saturated carbocycles. The van der Waals surface area contributed by atoms with E-state index in [1.807, 2.05) is 11.3 Å². The summed E-state index contributed by atoms with van der Waals surface area (Å²) in [6, 6.07) is 29.6. The van der Waals surface area contributed by atoms with Crippen LogP contribution in [0.25, 0.3) is 52.8 Å². The quantitative estimate of drug-likeness (QED) is 0.264. The SMILES string of the molecule is CCCCc1ccc(-c2cc3c4cccc5ccc6cccc(c3s2)c6c54)cc1. The second-order valence-corrected chi connectivity index (χ2v) is 9.08. The van der Waals surface area contributed by atoms with Crippen molar-refractivity contribution >= 4 is 53.7 Å². The molecule has 0 nitrogen and oxygen atoms in total. The molecule has 140 valence electrons. The van der Waals surface area contributed by atoms with Crippen LogP contribution in [0.1, 0.15) is 25.3 Å². The summed E-state index contributed by atoms with van der Waals surface area (Å²) in [6.07, 6.45) is 3.69. The molecule has 0 aliphatic heterocycles. The topological polar surface area (TPSA) is 0 Å². The van der Waals surface area contributed by atoms with Crippen molar-refractivity contribution in [2.45, 2.75) is 26.2 Å². The van der Waals surface area contributed by atoms with Crippen LogP contribution in [0.4, 0.5) is 0 Å². The third-order valence-electron chi connectivity index (χ3n) is 6.21. The predicted octanol–water partition coefficient (Wildman–Crippen LogP) is 8.81. The van der Waals surface area contributed by atoms with Crippen LogP contribution in [-0.2, 0) is 6.42 Å². The van der Waals surface area contributed by atoms with Gasteiger partial charge in [-0.25, -0.2) is 0 Å². The molecule has 6 rings (SSSR count). The van der Waals surface area contributed by atoms with Gasteiger partial charge >= 0.3 is 0 Å². The third-order valence-corrected chi connectivity index (χ3v) is 7.43. The van der Waals surface area contributed by atoms with E-state index in [2.05, 4.69) is 85.8 Å². The fourth-order valence-electron chi connectivity index (χ4n) is 4.72. The van der Waals surface area contributed by atoms with Crippen LogP contribution in [-0.4, -0.2) is 0 Å². The van der Waals surface area contributed by atoms with E-state index in [-0.39, 0.29) is 0 Å². The van der Waals surface area contributed by atoms with Crippen LogP contribution in [0.5, 0.6) is 0 Å². The Bertz CT molecular complexity index is 1380. The summed E-state index contributed by atoms with van der Waals surface area (Å²) in [5.74, 6) is 0. The number of aryl methyl sites for hydroxylation is 1. The molecule has 29 heavy (non-hydrogen) atoms. The first kappa shape index (κ1) is 17.0. The van der Waals surface area contributed by atoms with Crippen LogP contribution in [0.15, 0.2) is 78.9 Å². The number of fused-ring (bicyclic) bond motifs is 3. The average Bonchev–Trinajstić information content (AvgIpc) is 3.23. The van der Waals surface area contributed by atoms with E-state index in [4.69, 9.17) is 0 Å². The molecule has 0 bridgehead atoms. The van der Waals surface area contributed by atoms with Gasteiger partial charge in [-0.05, 0) is 57.0 Å². The Hall–Kier alpha value is -2.90. The summed E-state index contributed by atoms with van der Waals surface area (Å²) in [6.45, 7) is 2.25. The van der Waals surface area contributed by atoms with Gasteiger partial charge in [-0.1, -0.05) is 86.1 Å². The van der Waals surface area contributed by atoms with Crippen molar-refractivity contribution < 1.29 is 0 Å². The monoisotopic (exact) mass is 390 g/mol. The van der Waals surface area contributed by atoms with Gasteiger partial charge in [-0.2, -0.15) is 0 Å². The van der Waals surface area contributed by atoms with Crippen molar-refractivity contribution in [3.8, 4) is 10.4 Å². The highest BCUT2D eigenvalue weighted by molar-refractivity contribution is 7.23. The summed E-state index contributed by atoms with van der Waals surface area (Å²) < 4.78 is 1.41.